The number of carbonyl (C=O) groups excluding carboxylic acids is 2. The summed E-state index contributed by atoms with van der Waals surface area (Å²) in [6.45, 7) is 0.739. The SMILES string of the molecule is CN(C(=O)c1cccc(Oc2ccccc2)c1)[C@H]1C[C@H]2CNC(=O)C[C@H]2C1. The second kappa shape index (κ2) is 7.43. The minimum Gasteiger partial charge on any atom is -0.457 e. The third-order valence-electron chi connectivity index (χ3n) is 5.75. The second-order valence-electron chi connectivity index (χ2n) is 7.51. The number of nitrogens with zero attached hydrogens (tertiary/aromatic N) is 1. The van der Waals surface area contributed by atoms with Crippen molar-refractivity contribution in [2.75, 3.05) is 13.6 Å². The van der Waals surface area contributed by atoms with Crippen LogP contribution in [-0.4, -0.2) is 36.3 Å². The highest BCUT2D eigenvalue weighted by atomic mass is 16.5. The molecule has 4 rings (SSSR count). The molecule has 0 radical (unpaired) electrons. The molecule has 5 heteroatoms. The predicted octanol–water partition coefficient (Wildman–Crippen LogP) is 3.47. The van der Waals surface area contributed by atoms with E-state index in [4.69, 9.17) is 4.74 Å². The van der Waals surface area contributed by atoms with Crippen LogP contribution < -0.4 is 10.1 Å². The fourth-order valence-corrected chi connectivity index (χ4v) is 4.24. The van der Waals surface area contributed by atoms with Crippen LogP contribution in [0.4, 0.5) is 0 Å². The first-order valence-corrected chi connectivity index (χ1v) is 9.47. The summed E-state index contributed by atoms with van der Waals surface area (Å²) in [5.41, 5.74) is 0.620. The summed E-state index contributed by atoms with van der Waals surface area (Å²) in [6.07, 6.45) is 2.44. The molecule has 2 aromatic rings. The molecule has 1 N–H and O–H groups in total. The van der Waals surface area contributed by atoms with Crippen molar-refractivity contribution < 1.29 is 14.3 Å². The number of nitrogens with one attached hydrogen (secondary N) is 1. The van der Waals surface area contributed by atoms with Crippen LogP contribution in [0, 0.1) is 11.8 Å². The molecule has 2 aromatic carbocycles. The highest BCUT2D eigenvalue weighted by molar-refractivity contribution is 5.94. The van der Waals surface area contributed by atoms with Crippen LogP contribution in [0.25, 0.3) is 0 Å². The van der Waals surface area contributed by atoms with Crippen molar-refractivity contribution in [2.45, 2.75) is 25.3 Å². The van der Waals surface area contributed by atoms with Gasteiger partial charge in [0.15, 0.2) is 0 Å². The Bertz CT molecular complexity index is 836. The number of carbonyl (C=O) groups is 2. The average Bonchev–Trinajstić information content (AvgIpc) is 3.11. The van der Waals surface area contributed by atoms with Crippen LogP contribution in [0.5, 0.6) is 11.5 Å². The summed E-state index contributed by atoms with van der Waals surface area (Å²) in [4.78, 5) is 26.5. The van der Waals surface area contributed by atoms with Gasteiger partial charge in [0, 0.05) is 31.6 Å². The van der Waals surface area contributed by atoms with Crippen molar-refractivity contribution in [1.82, 2.24) is 10.2 Å². The van der Waals surface area contributed by atoms with Gasteiger partial charge in [-0.05, 0) is 55.0 Å². The van der Waals surface area contributed by atoms with E-state index in [0.717, 1.165) is 25.1 Å². The molecule has 1 aliphatic carbocycles. The number of hydrogen-bond donors (Lipinski definition) is 1. The molecule has 0 unspecified atom stereocenters. The van der Waals surface area contributed by atoms with Gasteiger partial charge in [0.05, 0.1) is 0 Å². The van der Waals surface area contributed by atoms with Crippen LogP contribution in [0.1, 0.15) is 29.6 Å². The zero-order valence-electron chi connectivity index (χ0n) is 15.4. The quantitative estimate of drug-likeness (QED) is 0.904. The molecule has 0 bridgehead atoms. The molecule has 5 nitrogen and oxygen atoms in total. The number of fused-ring (bicyclic) bond motifs is 1. The molecule has 0 aromatic heterocycles. The van der Waals surface area contributed by atoms with Crippen LogP contribution >= 0.6 is 0 Å². The number of benzene rings is 2. The summed E-state index contributed by atoms with van der Waals surface area (Å²) in [7, 11) is 1.87. The average molecular weight is 364 g/mol. The molecule has 1 aliphatic heterocycles. The van der Waals surface area contributed by atoms with Crippen molar-refractivity contribution >= 4 is 11.8 Å². The van der Waals surface area contributed by atoms with E-state index < -0.39 is 0 Å². The van der Waals surface area contributed by atoms with Gasteiger partial charge >= 0.3 is 0 Å². The highest BCUT2D eigenvalue weighted by Gasteiger charge is 2.40. The Hall–Kier alpha value is -2.82. The lowest BCUT2D eigenvalue weighted by Crippen LogP contribution is -2.38. The first-order valence-electron chi connectivity index (χ1n) is 9.47. The van der Waals surface area contributed by atoms with Gasteiger partial charge in [-0.25, -0.2) is 0 Å². The van der Waals surface area contributed by atoms with Gasteiger partial charge in [-0.1, -0.05) is 24.3 Å². The fraction of sp³-hybridized carbons (Fsp3) is 0.364. The van der Waals surface area contributed by atoms with Crippen molar-refractivity contribution in [3.8, 4) is 11.5 Å². The monoisotopic (exact) mass is 364 g/mol. The Labute approximate surface area is 159 Å². The molecule has 27 heavy (non-hydrogen) atoms. The highest BCUT2D eigenvalue weighted by Crippen LogP contribution is 2.38. The number of amides is 2. The molecular formula is C22H24N2O3. The maximum Gasteiger partial charge on any atom is 0.253 e. The molecule has 3 atom stereocenters. The van der Waals surface area contributed by atoms with E-state index in [0.29, 0.717) is 29.6 Å². The number of piperidine rings is 1. The lowest BCUT2D eigenvalue weighted by molar-refractivity contribution is -0.124. The van der Waals surface area contributed by atoms with E-state index in [1.165, 1.54) is 0 Å². The lowest BCUT2D eigenvalue weighted by atomic mass is 9.89. The van der Waals surface area contributed by atoms with Crippen LogP contribution in [0.15, 0.2) is 54.6 Å². The minimum absolute atomic E-state index is 0.00329. The van der Waals surface area contributed by atoms with Crippen LogP contribution in [0.3, 0.4) is 0 Å². The second-order valence-corrected chi connectivity index (χ2v) is 7.51. The number of para-hydroxylation sites is 1. The topological polar surface area (TPSA) is 58.6 Å². The summed E-state index contributed by atoms with van der Waals surface area (Å²) < 4.78 is 5.85. The zero-order valence-corrected chi connectivity index (χ0v) is 15.4. The van der Waals surface area contributed by atoms with Crippen molar-refractivity contribution in [1.29, 1.82) is 0 Å². The summed E-state index contributed by atoms with van der Waals surface area (Å²) in [5.74, 6) is 2.40. The Balaban J connectivity index is 1.44. The first kappa shape index (κ1) is 17.6. The summed E-state index contributed by atoms with van der Waals surface area (Å²) >= 11 is 0. The van der Waals surface area contributed by atoms with E-state index in [1.807, 2.05) is 60.5 Å². The molecule has 2 fully saturated rings. The van der Waals surface area contributed by atoms with E-state index in [9.17, 15) is 9.59 Å². The van der Waals surface area contributed by atoms with Gasteiger partial charge in [-0.15, -0.1) is 0 Å². The molecule has 140 valence electrons. The first-order chi connectivity index (χ1) is 13.1. The largest absolute Gasteiger partial charge is 0.457 e. The number of hydrogen-bond acceptors (Lipinski definition) is 3. The standard InChI is InChI=1S/C22H24N2O3/c1-24(18-10-16-13-21(25)23-14-17(16)11-18)22(26)15-6-5-9-20(12-15)27-19-7-3-2-4-8-19/h2-9,12,16-18H,10-11,13-14H2,1H3,(H,23,25)/t16-,17+,18-/m1/s1. The van der Waals surface area contributed by atoms with E-state index in [1.54, 1.807) is 6.07 Å². The molecule has 0 spiro atoms. The maximum absolute atomic E-state index is 13.0. The van der Waals surface area contributed by atoms with E-state index >= 15 is 0 Å². The van der Waals surface area contributed by atoms with Gasteiger partial charge in [0.1, 0.15) is 11.5 Å². The summed E-state index contributed by atoms with van der Waals surface area (Å²) in [6, 6.07) is 17.0. The Morgan fingerprint density at radius 3 is 2.59 bits per heavy atom. The minimum atomic E-state index is -0.00329. The van der Waals surface area contributed by atoms with Gasteiger partial charge < -0.3 is 15.0 Å². The third-order valence-corrected chi connectivity index (χ3v) is 5.75. The molecule has 1 heterocycles. The van der Waals surface area contributed by atoms with Gasteiger partial charge in [-0.2, -0.15) is 0 Å². The van der Waals surface area contributed by atoms with E-state index in [2.05, 4.69) is 5.32 Å². The van der Waals surface area contributed by atoms with Crippen molar-refractivity contribution in [3.05, 3.63) is 60.2 Å². The normalized spacial score (nSPS) is 24.0. The van der Waals surface area contributed by atoms with Crippen LogP contribution in [-0.2, 0) is 4.79 Å². The Morgan fingerprint density at radius 2 is 1.78 bits per heavy atom. The van der Waals surface area contributed by atoms with Gasteiger partial charge in [0.2, 0.25) is 5.91 Å². The zero-order chi connectivity index (χ0) is 18.8. The predicted molar refractivity (Wildman–Crippen MR) is 103 cm³/mol. The Morgan fingerprint density at radius 1 is 1.04 bits per heavy atom. The van der Waals surface area contributed by atoms with E-state index in [-0.39, 0.29) is 17.9 Å². The third kappa shape index (κ3) is 3.82. The smallest absolute Gasteiger partial charge is 0.253 e. The molecule has 1 saturated carbocycles. The lowest BCUT2D eigenvalue weighted by Gasteiger charge is -2.25. The van der Waals surface area contributed by atoms with Crippen molar-refractivity contribution in [3.63, 3.8) is 0 Å². The molecule has 2 amide bonds. The number of ether oxygens (including phenoxy) is 1. The van der Waals surface area contributed by atoms with Gasteiger partial charge in [0.25, 0.3) is 5.91 Å². The molecule has 2 aliphatic rings. The maximum atomic E-state index is 13.0. The molecular weight excluding hydrogens is 340 g/mol. The van der Waals surface area contributed by atoms with Crippen LogP contribution in [0.2, 0.25) is 0 Å². The van der Waals surface area contributed by atoms with Crippen molar-refractivity contribution in [2.24, 2.45) is 11.8 Å². The fourth-order valence-electron chi connectivity index (χ4n) is 4.24. The summed E-state index contributed by atoms with van der Waals surface area (Å²) in [5, 5.41) is 2.95. The number of rotatable bonds is 4. The van der Waals surface area contributed by atoms with Gasteiger partial charge in [-0.3, -0.25) is 9.59 Å². The molecule has 1 saturated heterocycles. The Kier molecular flexibility index (Phi) is 4.84.